The molecule has 0 aromatic carbocycles. The summed E-state index contributed by atoms with van der Waals surface area (Å²) in [6, 6.07) is -0.432. The molecule has 0 saturated carbocycles. The van der Waals surface area contributed by atoms with Crippen LogP contribution in [0, 0.1) is 0 Å². The molecule has 0 aromatic rings. The fraction of sp³-hybridized carbons (Fsp3) is 0.889. The molecule has 23 heavy (non-hydrogen) atoms. The Bertz CT molecular complexity index is 319. The van der Waals surface area contributed by atoms with Gasteiger partial charge in [0.1, 0.15) is 6.04 Å². The summed E-state index contributed by atoms with van der Waals surface area (Å²) < 4.78 is 0. The Morgan fingerprint density at radius 1 is 0.957 bits per heavy atom. The number of aliphatic carboxylic acids is 1. The summed E-state index contributed by atoms with van der Waals surface area (Å²) in [4.78, 5) is 24.4. The Morgan fingerprint density at radius 2 is 1.57 bits per heavy atom. The first-order chi connectivity index (χ1) is 11.0. The molecule has 0 radical (unpaired) electrons. The average Bonchev–Trinajstić information content (AvgIpc) is 2.49. The molecule has 0 aliphatic carbocycles. The van der Waals surface area contributed by atoms with E-state index in [1.54, 1.807) is 19.0 Å². The number of carbonyl (C=O) groups excluding carboxylic acids is 1. The zero-order valence-electron chi connectivity index (χ0n) is 15.3. The molecule has 1 atom stereocenters. The van der Waals surface area contributed by atoms with Gasteiger partial charge in [-0.1, -0.05) is 45.4 Å². The van der Waals surface area contributed by atoms with Gasteiger partial charge in [-0.3, -0.25) is 14.5 Å². The first-order valence-electron chi connectivity index (χ1n) is 9.15. The lowest BCUT2D eigenvalue weighted by Crippen LogP contribution is -2.35. The predicted octanol–water partition coefficient (Wildman–Crippen LogP) is 3.43. The van der Waals surface area contributed by atoms with Crippen LogP contribution < -0.4 is 5.32 Å². The van der Waals surface area contributed by atoms with Crippen molar-refractivity contribution in [3.05, 3.63) is 0 Å². The second kappa shape index (κ2) is 14.5. The van der Waals surface area contributed by atoms with Gasteiger partial charge in [0.15, 0.2) is 0 Å². The van der Waals surface area contributed by atoms with Crippen molar-refractivity contribution in [1.82, 2.24) is 10.2 Å². The third-order valence-corrected chi connectivity index (χ3v) is 4.14. The molecule has 0 aliphatic heterocycles. The molecule has 5 nitrogen and oxygen atoms in total. The number of rotatable bonds is 15. The van der Waals surface area contributed by atoms with E-state index in [0.717, 1.165) is 25.7 Å². The molecular weight excluding hydrogens is 292 g/mol. The number of carboxylic acids is 1. The quantitative estimate of drug-likeness (QED) is 0.452. The van der Waals surface area contributed by atoms with Gasteiger partial charge in [0.25, 0.3) is 0 Å². The van der Waals surface area contributed by atoms with E-state index >= 15 is 0 Å². The number of likely N-dealkylation sites (N-methyl/N-ethyl adjacent to an activating group) is 1. The fourth-order valence-corrected chi connectivity index (χ4v) is 2.62. The predicted molar refractivity (Wildman–Crippen MR) is 94.6 cm³/mol. The van der Waals surface area contributed by atoms with Crippen LogP contribution in [0.5, 0.6) is 0 Å². The summed E-state index contributed by atoms with van der Waals surface area (Å²) in [7, 11) is 3.56. The van der Waals surface area contributed by atoms with Gasteiger partial charge in [0.05, 0.1) is 0 Å². The van der Waals surface area contributed by atoms with Crippen LogP contribution in [0.3, 0.4) is 0 Å². The average molecular weight is 328 g/mol. The Kier molecular flexibility index (Phi) is 13.8. The van der Waals surface area contributed by atoms with Crippen molar-refractivity contribution in [2.24, 2.45) is 0 Å². The van der Waals surface area contributed by atoms with Crippen LogP contribution in [0.15, 0.2) is 0 Å². The SMILES string of the molecule is CCCCCCCCCC(=O)NCCCC[C@@H](C(=O)O)N(C)C. The van der Waals surface area contributed by atoms with E-state index in [-0.39, 0.29) is 5.91 Å². The normalized spacial score (nSPS) is 12.3. The summed E-state index contributed by atoms with van der Waals surface area (Å²) in [5.41, 5.74) is 0. The lowest BCUT2D eigenvalue weighted by atomic mass is 10.1. The monoisotopic (exact) mass is 328 g/mol. The second-order valence-electron chi connectivity index (χ2n) is 6.53. The van der Waals surface area contributed by atoms with E-state index in [9.17, 15) is 9.59 Å². The van der Waals surface area contributed by atoms with Gasteiger partial charge in [-0.2, -0.15) is 0 Å². The minimum atomic E-state index is -0.780. The number of amides is 1. The number of nitrogens with one attached hydrogen (secondary N) is 1. The number of nitrogens with zero attached hydrogens (tertiary/aromatic N) is 1. The highest BCUT2D eigenvalue weighted by Crippen LogP contribution is 2.08. The van der Waals surface area contributed by atoms with Crippen molar-refractivity contribution in [1.29, 1.82) is 0 Å². The molecule has 0 fully saturated rings. The summed E-state index contributed by atoms with van der Waals surface area (Å²) >= 11 is 0. The third-order valence-electron chi connectivity index (χ3n) is 4.14. The van der Waals surface area contributed by atoms with Crippen molar-refractivity contribution in [2.45, 2.75) is 83.6 Å². The van der Waals surface area contributed by atoms with Crippen molar-refractivity contribution in [2.75, 3.05) is 20.6 Å². The molecule has 0 bridgehead atoms. The molecule has 0 heterocycles. The van der Waals surface area contributed by atoms with Crippen LogP contribution in [0.1, 0.15) is 77.6 Å². The maximum Gasteiger partial charge on any atom is 0.320 e. The maximum absolute atomic E-state index is 11.7. The van der Waals surface area contributed by atoms with Crippen LogP contribution in [0.25, 0.3) is 0 Å². The van der Waals surface area contributed by atoms with Gasteiger partial charge < -0.3 is 10.4 Å². The van der Waals surface area contributed by atoms with Gasteiger partial charge in [0, 0.05) is 13.0 Å². The first-order valence-corrected chi connectivity index (χ1v) is 9.15. The molecule has 0 rings (SSSR count). The largest absolute Gasteiger partial charge is 0.480 e. The number of unbranched alkanes of at least 4 members (excludes halogenated alkanes) is 7. The molecule has 0 spiro atoms. The Morgan fingerprint density at radius 3 is 2.13 bits per heavy atom. The molecular formula is C18H36N2O3. The summed E-state index contributed by atoms with van der Waals surface area (Å²) in [5, 5.41) is 12.0. The van der Waals surface area contributed by atoms with Gasteiger partial charge in [-0.25, -0.2) is 0 Å². The number of hydrogen-bond donors (Lipinski definition) is 2. The molecule has 1 amide bonds. The van der Waals surface area contributed by atoms with E-state index in [2.05, 4.69) is 12.2 Å². The highest BCUT2D eigenvalue weighted by Gasteiger charge is 2.18. The van der Waals surface area contributed by atoms with Gasteiger partial charge in [-0.15, -0.1) is 0 Å². The number of carbonyl (C=O) groups is 2. The highest BCUT2D eigenvalue weighted by molar-refractivity contribution is 5.75. The summed E-state index contributed by atoms with van der Waals surface area (Å²) in [5.74, 6) is -0.654. The topological polar surface area (TPSA) is 69.6 Å². The highest BCUT2D eigenvalue weighted by atomic mass is 16.4. The Hall–Kier alpha value is -1.10. The number of hydrogen-bond acceptors (Lipinski definition) is 3. The molecule has 0 saturated heterocycles. The minimum Gasteiger partial charge on any atom is -0.480 e. The smallest absolute Gasteiger partial charge is 0.320 e. The first kappa shape index (κ1) is 21.9. The second-order valence-corrected chi connectivity index (χ2v) is 6.53. The molecule has 0 unspecified atom stereocenters. The zero-order valence-corrected chi connectivity index (χ0v) is 15.3. The van der Waals surface area contributed by atoms with Crippen LogP contribution in [-0.2, 0) is 9.59 Å². The van der Waals surface area contributed by atoms with Gasteiger partial charge in [0.2, 0.25) is 5.91 Å². The number of carboxylic acid groups (broad SMARTS) is 1. The van der Waals surface area contributed by atoms with Crippen molar-refractivity contribution >= 4 is 11.9 Å². The van der Waals surface area contributed by atoms with E-state index in [0.29, 0.717) is 19.4 Å². The fourth-order valence-electron chi connectivity index (χ4n) is 2.62. The minimum absolute atomic E-state index is 0.126. The zero-order chi connectivity index (χ0) is 17.5. The maximum atomic E-state index is 11.7. The Balaban J connectivity index is 3.48. The van der Waals surface area contributed by atoms with Crippen LogP contribution in [-0.4, -0.2) is 48.6 Å². The lowest BCUT2D eigenvalue weighted by molar-refractivity contribution is -0.142. The Labute approximate surface area is 141 Å². The van der Waals surface area contributed by atoms with Crippen LogP contribution in [0.4, 0.5) is 0 Å². The van der Waals surface area contributed by atoms with Crippen LogP contribution >= 0.6 is 0 Å². The van der Waals surface area contributed by atoms with Crippen LogP contribution in [0.2, 0.25) is 0 Å². The van der Waals surface area contributed by atoms with E-state index in [1.165, 1.54) is 32.1 Å². The molecule has 5 heteroatoms. The van der Waals surface area contributed by atoms with Gasteiger partial charge in [-0.05, 0) is 39.8 Å². The molecule has 136 valence electrons. The molecule has 0 aromatic heterocycles. The standard InChI is InChI=1S/C18H36N2O3/c1-4-5-6-7-8-9-10-14-17(21)19-15-12-11-13-16(18(22)23)20(2)3/h16H,4-15H2,1-3H3,(H,19,21)(H,22,23)/t16-/m0/s1. The van der Waals surface area contributed by atoms with E-state index in [4.69, 9.17) is 5.11 Å². The summed E-state index contributed by atoms with van der Waals surface area (Å²) in [6.07, 6.45) is 11.4. The third kappa shape index (κ3) is 13.1. The van der Waals surface area contributed by atoms with Gasteiger partial charge >= 0.3 is 5.97 Å². The summed E-state index contributed by atoms with van der Waals surface area (Å²) in [6.45, 7) is 2.86. The molecule has 2 N–H and O–H groups in total. The lowest BCUT2D eigenvalue weighted by Gasteiger charge is -2.19. The van der Waals surface area contributed by atoms with E-state index < -0.39 is 12.0 Å². The van der Waals surface area contributed by atoms with Crippen molar-refractivity contribution < 1.29 is 14.7 Å². The van der Waals surface area contributed by atoms with Crippen molar-refractivity contribution in [3.63, 3.8) is 0 Å². The van der Waals surface area contributed by atoms with E-state index in [1.807, 2.05) is 0 Å². The van der Waals surface area contributed by atoms with Crippen molar-refractivity contribution in [3.8, 4) is 0 Å². The molecule has 0 aliphatic rings.